The van der Waals surface area contributed by atoms with Crippen LogP contribution < -0.4 is 9.80 Å². The summed E-state index contributed by atoms with van der Waals surface area (Å²) in [6.45, 7) is 2.08. The van der Waals surface area contributed by atoms with Crippen LogP contribution in [0.15, 0.2) is 164 Å². The quantitative estimate of drug-likeness (QED) is 0.131. The molecule has 0 N–H and O–H groups in total. The van der Waals surface area contributed by atoms with Crippen molar-refractivity contribution in [2.75, 3.05) is 16.8 Å². The van der Waals surface area contributed by atoms with Gasteiger partial charge in [0, 0.05) is 34.7 Å². The molecule has 258 valence electrons. The van der Waals surface area contributed by atoms with E-state index in [2.05, 4.69) is 161 Å². The van der Waals surface area contributed by atoms with Crippen molar-refractivity contribution in [1.29, 1.82) is 0 Å². The number of benzene rings is 7. The van der Waals surface area contributed by atoms with Gasteiger partial charge in [-0.25, -0.2) is 0 Å². The van der Waals surface area contributed by atoms with Gasteiger partial charge in [-0.2, -0.15) is 36.2 Å². The zero-order chi connectivity index (χ0) is 35.3. The molecule has 1 aliphatic rings. The van der Waals surface area contributed by atoms with Gasteiger partial charge in [-0.3, -0.25) is 4.98 Å². The molecule has 0 saturated carbocycles. The molecule has 7 aromatic carbocycles. The molecule has 0 saturated heterocycles. The van der Waals surface area contributed by atoms with E-state index in [4.69, 9.17) is 0 Å². The van der Waals surface area contributed by atoms with Gasteiger partial charge in [0.1, 0.15) is 0 Å². The van der Waals surface area contributed by atoms with Crippen molar-refractivity contribution in [1.82, 2.24) is 9.97 Å². The van der Waals surface area contributed by atoms with Crippen LogP contribution >= 0.6 is 11.3 Å². The van der Waals surface area contributed by atoms with E-state index in [0.29, 0.717) is 0 Å². The van der Waals surface area contributed by atoms with Crippen molar-refractivity contribution in [3.8, 4) is 22.4 Å². The molecule has 6 heteroatoms. The summed E-state index contributed by atoms with van der Waals surface area (Å²) in [5, 5.41) is 10.2. The fourth-order valence-corrected chi connectivity index (χ4v) is 8.54. The summed E-state index contributed by atoms with van der Waals surface area (Å²) in [7, 11) is 2.06. The molecule has 0 amide bonds. The van der Waals surface area contributed by atoms with Gasteiger partial charge in [-0.15, -0.1) is 41.1 Å². The Labute approximate surface area is 331 Å². The topological polar surface area (TPSA) is 32.3 Å². The second-order valence-electron chi connectivity index (χ2n) is 13.3. The molecule has 3 aromatic heterocycles. The SMILES string of the molecule is CN1[CH-]N(c2[c-]cc(-c3cccnc3)cc2)c2ccccc21.[Ir+3].[c-]1ccc2sc3cc4cc5cc6ccccc6cc5cc4cc3c2c1-c1ccccn1. The molecule has 54 heavy (non-hydrogen) atoms. The Bertz CT molecular complexity index is 2940. The monoisotopic (exact) mass is 888 g/mol. The minimum Gasteiger partial charge on any atom is -0.504 e. The van der Waals surface area contributed by atoms with E-state index < -0.39 is 0 Å². The van der Waals surface area contributed by atoms with Gasteiger partial charge in [0.05, 0.1) is 0 Å². The molecule has 10 aromatic rings. The Morgan fingerprint density at radius 1 is 0.611 bits per heavy atom. The first-order valence-corrected chi connectivity index (χ1v) is 18.4. The van der Waals surface area contributed by atoms with E-state index in [0.717, 1.165) is 28.1 Å². The minimum atomic E-state index is 0. The van der Waals surface area contributed by atoms with Crippen LogP contribution in [0.25, 0.3) is 74.9 Å². The maximum atomic E-state index is 4.59. The van der Waals surface area contributed by atoms with Crippen LogP contribution in [0.4, 0.5) is 17.1 Å². The van der Waals surface area contributed by atoms with Crippen LogP contribution in [0.1, 0.15) is 0 Å². The summed E-state index contributed by atoms with van der Waals surface area (Å²) in [4.78, 5) is 13.0. The maximum absolute atomic E-state index is 4.59. The van der Waals surface area contributed by atoms with Crippen molar-refractivity contribution in [3.05, 3.63) is 183 Å². The third-order valence-electron chi connectivity index (χ3n) is 9.99. The smallest absolute Gasteiger partial charge is 0.504 e. The number of aromatic nitrogens is 2. The molecule has 4 nitrogen and oxygen atoms in total. The molecule has 4 heterocycles. The molecule has 0 unspecified atom stereocenters. The van der Waals surface area contributed by atoms with Crippen LogP contribution in [-0.4, -0.2) is 17.0 Å². The van der Waals surface area contributed by atoms with E-state index in [1.165, 1.54) is 63.9 Å². The van der Waals surface area contributed by atoms with Gasteiger partial charge >= 0.3 is 20.1 Å². The van der Waals surface area contributed by atoms with E-state index in [-0.39, 0.29) is 20.1 Å². The van der Waals surface area contributed by atoms with Crippen molar-refractivity contribution in [2.45, 2.75) is 0 Å². The maximum Gasteiger partial charge on any atom is 3.00 e. The number of anilines is 3. The molecule has 0 spiro atoms. The van der Waals surface area contributed by atoms with E-state index >= 15 is 0 Å². The summed E-state index contributed by atoms with van der Waals surface area (Å²) in [5.74, 6) is 0. The Morgan fingerprint density at radius 3 is 2.06 bits per heavy atom. The fourth-order valence-electron chi connectivity index (χ4n) is 7.40. The molecule has 0 fully saturated rings. The summed E-state index contributed by atoms with van der Waals surface area (Å²) < 4.78 is 2.58. The second-order valence-corrected chi connectivity index (χ2v) is 14.4. The molecule has 0 bridgehead atoms. The van der Waals surface area contributed by atoms with Gasteiger partial charge in [0.2, 0.25) is 0 Å². The van der Waals surface area contributed by atoms with Crippen LogP contribution in [0.2, 0.25) is 0 Å². The normalized spacial score (nSPS) is 12.2. The average molecular weight is 888 g/mol. The molecular weight excluding hydrogens is 857 g/mol. The van der Waals surface area contributed by atoms with Gasteiger partial charge in [-0.1, -0.05) is 71.6 Å². The molecule has 0 aliphatic carbocycles. The average Bonchev–Trinajstić information content (AvgIpc) is 3.76. The predicted molar refractivity (Wildman–Crippen MR) is 224 cm³/mol. The first-order chi connectivity index (χ1) is 26.2. The van der Waals surface area contributed by atoms with Crippen LogP contribution in [0.3, 0.4) is 0 Å². The number of pyridine rings is 2. The Kier molecular flexibility index (Phi) is 8.88. The van der Waals surface area contributed by atoms with E-state index in [1.54, 1.807) is 6.20 Å². The van der Waals surface area contributed by atoms with Crippen molar-refractivity contribution >= 4 is 80.9 Å². The predicted octanol–water partition coefficient (Wildman–Crippen LogP) is 12.6. The first-order valence-electron chi connectivity index (χ1n) is 17.6. The van der Waals surface area contributed by atoms with Crippen molar-refractivity contribution < 1.29 is 20.1 Å². The number of nitrogens with zero attached hydrogens (tertiary/aromatic N) is 4. The molecular formula is C48H31IrN4S. The molecule has 0 radical (unpaired) electrons. The van der Waals surface area contributed by atoms with Crippen molar-refractivity contribution in [3.63, 3.8) is 0 Å². The second kappa shape index (κ2) is 14.1. The molecule has 0 atom stereocenters. The Balaban J connectivity index is 0.000000148. The van der Waals surface area contributed by atoms with Crippen molar-refractivity contribution in [2.24, 2.45) is 0 Å². The standard InChI is InChI=1S/C29H16NS.C19H15N3.Ir/c1-2-7-19-13-21-15-23-17-28-25(16-22(23)14-20(21)12-18(19)6-1)29-24(8-5-10-27(29)31-28)26-9-3-4-11-30-26;1-21-14-22(19-7-3-2-6-18(19)21)17-10-8-15(9-11-17)16-5-4-12-20-13-16;/h1-7,9-17H;2-10,12-14H,1H3;/q-1;-2;+3. The largest absolute Gasteiger partial charge is 3.00 e. The number of hydrogen-bond acceptors (Lipinski definition) is 5. The zero-order valence-corrected chi connectivity index (χ0v) is 32.4. The van der Waals surface area contributed by atoms with E-state index in [9.17, 15) is 0 Å². The summed E-state index contributed by atoms with van der Waals surface area (Å²) in [6.07, 6.45) is 5.50. The first kappa shape index (κ1) is 33.9. The van der Waals surface area contributed by atoms with Gasteiger partial charge in [0.25, 0.3) is 0 Å². The number of para-hydroxylation sites is 2. The Morgan fingerprint density at radius 2 is 1.33 bits per heavy atom. The molecule has 1 aliphatic heterocycles. The Hall–Kier alpha value is -5.91. The van der Waals surface area contributed by atoms with Crippen LogP contribution in [-0.2, 0) is 20.1 Å². The third-order valence-corrected chi connectivity index (χ3v) is 11.1. The minimum absolute atomic E-state index is 0. The van der Waals surface area contributed by atoms with E-state index in [1.807, 2.05) is 54.1 Å². The fraction of sp³-hybridized carbons (Fsp3) is 0.0208. The summed E-state index contributed by atoms with van der Waals surface area (Å²) in [6, 6.07) is 58.2. The summed E-state index contributed by atoms with van der Waals surface area (Å²) >= 11 is 1.85. The summed E-state index contributed by atoms with van der Waals surface area (Å²) in [5.41, 5.74) is 7.69. The number of rotatable bonds is 3. The number of thiophene rings is 1. The molecule has 11 rings (SSSR count). The number of hydrogen-bond donors (Lipinski definition) is 0. The zero-order valence-electron chi connectivity index (χ0n) is 29.2. The van der Waals surface area contributed by atoms with Gasteiger partial charge in [0.15, 0.2) is 0 Å². The van der Waals surface area contributed by atoms with Crippen LogP contribution in [0, 0.1) is 18.8 Å². The van der Waals surface area contributed by atoms with Gasteiger partial charge < -0.3 is 14.8 Å². The third kappa shape index (κ3) is 6.09. The number of fused-ring (bicyclic) bond motifs is 7. The van der Waals surface area contributed by atoms with Gasteiger partial charge in [-0.05, 0) is 110 Å². The van der Waals surface area contributed by atoms with Crippen LogP contribution in [0.5, 0.6) is 0 Å².